The molecule has 1 aliphatic rings. The van der Waals surface area contributed by atoms with Crippen molar-refractivity contribution in [3.05, 3.63) is 70.1 Å². The second-order valence-corrected chi connectivity index (χ2v) is 8.09. The van der Waals surface area contributed by atoms with Gasteiger partial charge in [-0.3, -0.25) is 19.3 Å². The molecule has 32 heavy (non-hydrogen) atoms. The molecule has 2 aromatic carbocycles. The topological polar surface area (TPSA) is 99.5 Å². The van der Waals surface area contributed by atoms with E-state index in [1.54, 1.807) is 42.5 Å². The van der Waals surface area contributed by atoms with E-state index >= 15 is 0 Å². The predicted molar refractivity (Wildman–Crippen MR) is 123 cm³/mol. The van der Waals surface area contributed by atoms with Crippen molar-refractivity contribution < 1.29 is 19.1 Å². The van der Waals surface area contributed by atoms with Crippen LogP contribution in [-0.4, -0.2) is 35.0 Å². The third kappa shape index (κ3) is 5.99. The van der Waals surface area contributed by atoms with E-state index in [0.29, 0.717) is 17.9 Å². The molecule has 1 heterocycles. The first kappa shape index (κ1) is 23.1. The van der Waals surface area contributed by atoms with Crippen LogP contribution in [0.3, 0.4) is 0 Å². The van der Waals surface area contributed by atoms with Gasteiger partial charge in [0.2, 0.25) is 5.91 Å². The molecule has 3 amide bonds. The van der Waals surface area contributed by atoms with Crippen molar-refractivity contribution in [2.45, 2.75) is 26.4 Å². The Morgan fingerprint density at radius 1 is 1.19 bits per heavy atom. The largest absolute Gasteiger partial charge is 0.489 e. The number of benzene rings is 2. The molecular weight excluding hydrogens is 426 g/mol. The molecule has 0 spiro atoms. The average molecular weight is 450 g/mol. The molecule has 0 unspecified atom stereocenters. The zero-order valence-electron chi connectivity index (χ0n) is 17.7. The number of nitrogens with zero attached hydrogens (tertiary/aromatic N) is 2. The summed E-state index contributed by atoms with van der Waals surface area (Å²) in [5.74, 6) is -0.202. The highest BCUT2D eigenvalue weighted by molar-refractivity contribution is 8.18. The van der Waals surface area contributed by atoms with Gasteiger partial charge in [0.25, 0.3) is 11.1 Å². The number of nitriles is 1. The van der Waals surface area contributed by atoms with E-state index in [0.717, 1.165) is 40.6 Å². The third-order valence-electron chi connectivity index (χ3n) is 4.74. The van der Waals surface area contributed by atoms with E-state index in [2.05, 4.69) is 11.4 Å². The van der Waals surface area contributed by atoms with Gasteiger partial charge >= 0.3 is 0 Å². The summed E-state index contributed by atoms with van der Waals surface area (Å²) in [7, 11) is 0. The first-order chi connectivity index (χ1) is 15.5. The maximum Gasteiger partial charge on any atom is 0.294 e. The summed E-state index contributed by atoms with van der Waals surface area (Å²) < 4.78 is 5.75. The van der Waals surface area contributed by atoms with E-state index in [-0.39, 0.29) is 24.0 Å². The Labute approximate surface area is 191 Å². The molecule has 0 aromatic heterocycles. The van der Waals surface area contributed by atoms with Crippen LogP contribution in [0.2, 0.25) is 0 Å². The van der Waals surface area contributed by atoms with Gasteiger partial charge in [0.1, 0.15) is 18.9 Å². The minimum atomic E-state index is -0.473. The molecule has 8 heteroatoms. The van der Waals surface area contributed by atoms with Crippen molar-refractivity contribution in [3.8, 4) is 11.8 Å². The van der Waals surface area contributed by atoms with E-state index in [4.69, 9.17) is 10.00 Å². The normalized spacial score (nSPS) is 14.5. The SMILES string of the molecule is CCCCNC(=O)CN1C(=O)S/C(=C\c2ccc(OCc3ccccc3C#N)cc2)C1=O. The Kier molecular flexibility index (Phi) is 8.06. The lowest BCUT2D eigenvalue weighted by molar-refractivity contribution is -0.129. The third-order valence-corrected chi connectivity index (χ3v) is 5.65. The zero-order valence-corrected chi connectivity index (χ0v) is 18.5. The van der Waals surface area contributed by atoms with Crippen LogP contribution in [0.15, 0.2) is 53.4 Å². The number of thioether (sulfide) groups is 1. The maximum atomic E-state index is 12.6. The lowest BCUT2D eigenvalue weighted by Gasteiger charge is -2.12. The molecule has 1 N–H and O–H groups in total. The fraction of sp³-hybridized carbons (Fsp3) is 0.250. The molecular formula is C24H23N3O4S. The van der Waals surface area contributed by atoms with Crippen LogP contribution in [0.4, 0.5) is 4.79 Å². The summed E-state index contributed by atoms with van der Waals surface area (Å²) in [6, 6.07) is 16.4. The number of amides is 3. The second kappa shape index (κ2) is 11.2. The Hall–Kier alpha value is -3.57. The lowest BCUT2D eigenvalue weighted by Crippen LogP contribution is -2.39. The molecule has 1 fully saturated rings. The fourth-order valence-electron chi connectivity index (χ4n) is 2.97. The van der Waals surface area contributed by atoms with Crippen LogP contribution < -0.4 is 10.1 Å². The van der Waals surface area contributed by atoms with Crippen molar-refractivity contribution >= 4 is 34.9 Å². The number of unbranched alkanes of at least 4 members (excludes halogenated alkanes) is 1. The van der Waals surface area contributed by atoms with E-state index < -0.39 is 11.1 Å². The minimum absolute atomic E-state index is 0.266. The summed E-state index contributed by atoms with van der Waals surface area (Å²) in [6.07, 6.45) is 3.41. The zero-order chi connectivity index (χ0) is 22.9. The molecule has 3 rings (SSSR count). The van der Waals surface area contributed by atoms with Crippen LogP contribution in [0.1, 0.15) is 36.5 Å². The molecule has 0 saturated carbocycles. The van der Waals surface area contributed by atoms with Crippen LogP contribution in [0, 0.1) is 11.3 Å². The number of hydrogen-bond acceptors (Lipinski definition) is 6. The highest BCUT2D eigenvalue weighted by Gasteiger charge is 2.36. The van der Waals surface area contributed by atoms with Crippen LogP contribution in [0.5, 0.6) is 5.75 Å². The fourth-order valence-corrected chi connectivity index (χ4v) is 3.81. The van der Waals surface area contributed by atoms with Gasteiger partial charge in [-0.05, 0) is 48.0 Å². The standard InChI is InChI=1S/C24H23N3O4S/c1-2-3-12-26-22(28)15-27-23(29)21(32-24(27)30)13-17-8-10-20(11-9-17)31-16-19-7-5-4-6-18(19)14-25/h4-11,13H,2-3,12,15-16H2,1H3,(H,26,28)/b21-13-. The molecule has 7 nitrogen and oxygen atoms in total. The Morgan fingerprint density at radius 3 is 2.66 bits per heavy atom. The molecule has 0 radical (unpaired) electrons. The highest BCUT2D eigenvalue weighted by Crippen LogP contribution is 2.32. The summed E-state index contributed by atoms with van der Waals surface area (Å²) in [5, 5.41) is 11.4. The number of carbonyl (C=O) groups is 3. The van der Waals surface area contributed by atoms with Crippen LogP contribution in [0.25, 0.3) is 6.08 Å². The molecule has 1 aliphatic heterocycles. The Bertz CT molecular complexity index is 1070. The first-order valence-electron chi connectivity index (χ1n) is 10.2. The second-order valence-electron chi connectivity index (χ2n) is 7.10. The maximum absolute atomic E-state index is 12.6. The number of imide groups is 1. The van der Waals surface area contributed by atoms with E-state index in [9.17, 15) is 14.4 Å². The van der Waals surface area contributed by atoms with Crippen LogP contribution in [-0.2, 0) is 16.2 Å². The summed E-state index contributed by atoms with van der Waals surface area (Å²) >= 11 is 0.819. The summed E-state index contributed by atoms with van der Waals surface area (Å²) in [4.78, 5) is 37.9. The summed E-state index contributed by atoms with van der Waals surface area (Å²) in [6.45, 7) is 2.53. The molecule has 0 aliphatic carbocycles. The molecule has 0 atom stereocenters. The smallest absolute Gasteiger partial charge is 0.294 e. The number of ether oxygens (including phenoxy) is 1. The monoisotopic (exact) mass is 449 g/mol. The Balaban J connectivity index is 1.59. The van der Waals surface area contributed by atoms with Gasteiger partial charge in [-0.2, -0.15) is 5.26 Å². The molecule has 164 valence electrons. The van der Waals surface area contributed by atoms with Gasteiger partial charge in [0, 0.05) is 12.1 Å². The first-order valence-corrected chi connectivity index (χ1v) is 11.1. The molecule has 2 aromatic rings. The van der Waals surface area contributed by atoms with Gasteiger partial charge in [-0.15, -0.1) is 0 Å². The van der Waals surface area contributed by atoms with Crippen molar-refractivity contribution in [1.82, 2.24) is 10.2 Å². The van der Waals surface area contributed by atoms with Gasteiger partial charge in [-0.25, -0.2) is 0 Å². The van der Waals surface area contributed by atoms with Gasteiger partial charge in [-0.1, -0.05) is 43.7 Å². The van der Waals surface area contributed by atoms with Crippen molar-refractivity contribution in [2.75, 3.05) is 13.1 Å². The van der Waals surface area contributed by atoms with Crippen molar-refractivity contribution in [2.24, 2.45) is 0 Å². The van der Waals surface area contributed by atoms with Gasteiger partial charge in [0.15, 0.2) is 0 Å². The number of carbonyl (C=O) groups excluding carboxylic acids is 3. The van der Waals surface area contributed by atoms with Crippen molar-refractivity contribution in [1.29, 1.82) is 5.26 Å². The van der Waals surface area contributed by atoms with E-state index in [1.807, 2.05) is 19.1 Å². The Morgan fingerprint density at radius 2 is 1.94 bits per heavy atom. The average Bonchev–Trinajstić information content (AvgIpc) is 3.06. The highest BCUT2D eigenvalue weighted by atomic mass is 32.2. The molecule has 1 saturated heterocycles. The van der Waals surface area contributed by atoms with E-state index in [1.165, 1.54) is 0 Å². The molecule has 0 bridgehead atoms. The number of hydrogen-bond donors (Lipinski definition) is 1. The van der Waals surface area contributed by atoms with Crippen molar-refractivity contribution in [3.63, 3.8) is 0 Å². The van der Waals surface area contributed by atoms with Gasteiger partial charge in [0.05, 0.1) is 16.5 Å². The lowest BCUT2D eigenvalue weighted by atomic mass is 10.1. The minimum Gasteiger partial charge on any atom is -0.489 e. The summed E-state index contributed by atoms with van der Waals surface area (Å²) in [5.41, 5.74) is 2.10. The number of rotatable bonds is 9. The van der Waals surface area contributed by atoms with Gasteiger partial charge < -0.3 is 10.1 Å². The van der Waals surface area contributed by atoms with Crippen LogP contribution >= 0.6 is 11.8 Å². The quantitative estimate of drug-likeness (QED) is 0.457. The predicted octanol–water partition coefficient (Wildman–Crippen LogP) is 4.09. The number of nitrogens with one attached hydrogen (secondary N) is 1.